The van der Waals surface area contributed by atoms with Gasteiger partial charge in [-0.1, -0.05) is 11.6 Å². The Kier molecular flexibility index (Phi) is 4.33. The van der Waals surface area contributed by atoms with Crippen molar-refractivity contribution >= 4 is 11.6 Å². The Morgan fingerprint density at radius 1 is 1.44 bits per heavy atom. The number of rotatable bonds is 5. The van der Waals surface area contributed by atoms with Crippen LogP contribution in [0, 0.1) is 0 Å². The third-order valence-electron chi connectivity index (χ3n) is 2.61. The Bertz CT molecular complexity index is 460. The number of hydrogen-bond acceptors (Lipinski definition) is 4. The van der Waals surface area contributed by atoms with Crippen LogP contribution in [0.3, 0.4) is 0 Å². The highest BCUT2D eigenvalue weighted by atomic mass is 35.5. The van der Waals surface area contributed by atoms with E-state index in [-0.39, 0.29) is 6.79 Å². The average molecular weight is 270 g/mol. The molecule has 0 atom stereocenters. The highest BCUT2D eigenvalue weighted by molar-refractivity contribution is 6.25. The van der Waals surface area contributed by atoms with Gasteiger partial charge < -0.3 is 19.9 Å². The predicted octanol–water partition coefficient (Wildman–Crippen LogP) is 2.44. The van der Waals surface area contributed by atoms with Crippen LogP contribution in [0.4, 0.5) is 0 Å². The second kappa shape index (κ2) is 5.98. The first-order chi connectivity index (χ1) is 8.74. The fourth-order valence-electron chi connectivity index (χ4n) is 1.67. The van der Waals surface area contributed by atoms with Gasteiger partial charge in [0.1, 0.15) is 12.4 Å². The van der Waals surface area contributed by atoms with Gasteiger partial charge in [-0.05, 0) is 37.1 Å². The molecule has 0 aliphatic carbocycles. The van der Waals surface area contributed by atoms with Crippen LogP contribution < -0.4 is 19.9 Å². The Hall–Kier alpha value is -1.39. The lowest BCUT2D eigenvalue weighted by Crippen LogP contribution is -2.06. The van der Waals surface area contributed by atoms with E-state index in [9.17, 15) is 0 Å². The maximum absolute atomic E-state index is 5.72. The van der Waals surface area contributed by atoms with Crippen molar-refractivity contribution in [3.8, 4) is 17.2 Å². The molecule has 18 heavy (non-hydrogen) atoms. The topological polar surface area (TPSA) is 53.7 Å². The number of fused-ring (bicyclic) bond motifs is 1. The van der Waals surface area contributed by atoms with E-state index in [1.165, 1.54) is 5.54 Å². The zero-order valence-electron chi connectivity index (χ0n) is 10.2. The molecule has 0 amide bonds. The lowest BCUT2D eigenvalue weighted by molar-refractivity contribution is 0.174. The number of nitrogens with two attached hydrogens (primary N) is 1. The smallest absolute Gasteiger partial charge is 0.231 e. The molecule has 0 spiro atoms. The summed E-state index contributed by atoms with van der Waals surface area (Å²) in [6.07, 6.45) is 0.732. The highest BCUT2D eigenvalue weighted by Gasteiger charge is 2.17. The SMILES string of the molecule is C/C(=C/Cl)COc1cc2c(cc1CCN)OCO2. The first-order valence-corrected chi connectivity index (χ1v) is 6.19. The third-order valence-corrected chi connectivity index (χ3v) is 2.98. The molecular weight excluding hydrogens is 254 g/mol. The van der Waals surface area contributed by atoms with Crippen molar-refractivity contribution in [1.29, 1.82) is 0 Å². The molecule has 0 bridgehead atoms. The van der Waals surface area contributed by atoms with E-state index in [0.717, 1.165) is 29.1 Å². The van der Waals surface area contributed by atoms with Crippen molar-refractivity contribution in [1.82, 2.24) is 0 Å². The fraction of sp³-hybridized carbons (Fsp3) is 0.385. The summed E-state index contributed by atoms with van der Waals surface area (Å²) in [5.41, 5.74) is 9.08. The van der Waals surface area contributed by atoms with Crippen LogP contribution in [0.2, 0.25) is 0 Å². The molecule has 0 fully saturated rings. The minimum absolute atomic E-state index is 0.251. The summed E-state index contributed by atoms with van der Waals surface area (Å²) in [5.74, 6) is 2.22. The van der Waals surface area contributed by atoms with Crippen LogP contribution in [0.25, 0.3) is 0 Å². The van der Waals surface area contributed by atoms with Crippen LogP contribution in [-0.2, 0) is 6.42 Å². The second-order valence-electron chi connectivity index (χ2n) is 4.10. The monoisotopic (exact) mass is 269 g/mol. The molecule has 1 aliphatic rings. The molecular formula is C13H16ClNO3. The van der Waals surface area contributed by atoms with E-state index in [1.54, 1.807) is 0 Å². The lowest BCUT2D eigenvalue weighted by Gasteiger charge is -2.12. The molecule has 1 aliphatic heterocycles. The normalized spacial score (nSPS) is 13.8. The van der Waals surface area contributed by atoms with Gasteiger partial charge in [-0.2, -0.15) is 0 Å². The fourth-order valence-corrected chi connectivity index (χ4v) is 1.74. The van der Waals surface area contributed by atoms with Crippen LogP contribution in [0.1, 0.15) is 12.5 Å². The quantitative estimate of drug-likeness (QED) is 0.892. The van der Waals surface area contributed by atoms with Crippen molar-refractivity contribution in [2.75, 3.05) is 19.9 Å². The van der Waals surface area contributed by atoms with E-state index in [4.69, 9.17) is 31.5 Å². The van der Waals surface area contributed by atoms with Gasteiger partial charge in [0.2, 0.25) is 6.79 Å². The maximum Gasteiger partial charge on any atom is 0.231 e. The molecule has 0 radical (unpaired) electrons. The molecule has 5 heteroatoms. The molecule has 1 heterocycles. The molecule has 2 N–H and O–H groups in total. The lowest BCUT2D eigenvalue weighted by atomic mass is 10.1. The second-order valence-corrected chi connectivity index (χ2v) is 4.31. The summed E-state index contributed by atoms with van der Waals surface area (Å²) in [5, 5.41) is 0. The van der Waals surface area contributed by atoms with E-state index >= 15 is 0 Å². The van der Waals surface area contributed by atoms with Gasteiger partial charge in [0, 0.05) is 11.6 Å². The first-order valence-electron chi connectivity index (χ1n) is 5.76. The Morgan fingerprint density at radius 2 is 2.17 bits per heavy atom. The van der Waals surface area contributed by atoms with E-state index in [1.807, 2.05) is 19.1 Å². The molecule has 0 unspecified atom stereocenters. The van der Waals surface area contributed by atoms with Crippen LogP contribution in [-0.4, -0.2) is 19.9 Å². The van der Waals surface area contributed by atoms with Crippen molar-refractivity contribution in [3.05, 3.63) is 28.8 Å². The molecule has 0 aromatic heterocycles. The van der Waals surface area contributed by atoms with Crippen molar-refractivity contribution < 1.29 is 14.2 Å². The maximum atomic E-state index is 5.72. The summed E-state index contributed by atoms with van der Waals surface area (Å²) in [6.45, 7) is 3.16. The summed E-state index contributed by atoms with van der Waals surface area (Å²) >= 11 is 5.61. The van der Waals surface area contributed by atoms with E-state index in [0.29, 0.717) is 18.9 Å². The summed E-state index contributed by atoms with van der Waals surface area (Å²) in [4.78, 5) is 0. The van der Waals surface area contributed by atoms with Gasteiger partial charge in [-0.25, -0.2) is 0 Å². The van der Waals surface area contributed by atoms with Crippen molar-refractivity contribution in [2.24, 2.45) is 5.73 Å². The van der Waals surface area contributed by atoms with Crippen molar-refractivity contribution in [3.63, 3.8) is 0 Å². The Labute approximate surface area is 111 Å². The van der Waals surface area contributed by atoms with Gasteiger partial charge in [-0.15, -0.1) is 0 Å². The number of halogens is 1. The van der Waals surface area contributed by atoms with Crippen molar-refractivity contribution in [2.45, 2.75) is 13.3 Å². The summed E-state index contributed by atoms with van der Waals surface area (Å²) in [7, 11) is 0. The average Bonchev–Trinajstić information content (AvgIpc) is 2.83. The molecule has 1 aromatic rings. The third kappa shape index (κ3) is 2.89. The van der Waals surface area contributed by atoms with E-state index in [2.05, 4.69) is 0 Å². The van der Waals surface area contributed by atoms with Gasteiger partial charge in [-0.3, -0.25) is 0 Å². The highest BCUT2D eigenvalue weighted by Crippen LogP contribution is 2.38. The van der Waals surface area contributed by atoms with Gasteiger partial charge >= 0.3 is 0 Å². The summed E-state index contributed by atoms with van der Waals surface area (Å²) in [6, 6.07) is 3.76. The molecule has 1 aromatic carbocycles. The van der Waals surface area contributed by atoms with Crippen LogP contribution in [0.5, 0.6) is 17.2 Å². The van der Waals surface area contributed by atoms with Gasteiger partial charge in [0.25, 0.3) is 0 Å². The van der Waals surface area contributed by atoms with E-state index < -0.39 is 0 Å². The zero-order chi connectivity index (χ0) is 13.0. The molecule has 2 rings (SSSR count). The molecule has 98 valence electrons. The molecule has 0 saturated carbocycles. The minimum atomic E-state index is 0.251. The molecule has 0 saturated heterocycles. The number of hydrogen-bond donors (Lipinski definition) is 1. The Morgan fingerprint density at radius 3 is 2.83 bits per heavy atom. The number of ether oxygens (including phenoxy) is 3. The largest absolute Gasteiger partial charge is 0.489 e. The minimum Gasteiger partial charge on any atom is -0.489 e. The summed E-state index contributed by atoms with van der Waals surface area (Å²) < 4.78 is 16.4. The first kappa shape index (κ1) is 13.1. The van der Waals surface area contributed by atoms with Gasteiger partial charge in [0.15, 0.2) is 11.5 Å². The van der Waals surface area contributed by atoms with Crippen LogP contribution in [0.15, 0.2) is 23.2 Å². The Balaban J connectivity index is 2.21. The van der Waals surface area contributed by atoms with Gasteiger partial charge in [0.05, 0.1) is 0 Å². The number of benzene rings is 1. The zero-order valence-corrected chi connectivity index (χ0v) is 11.0. The van der Waals surface area contributed by atoms with Crippen LogP contribution >= 0.6 is 11.6 Å². The predicted molar refractivity (Wildman–Crippen MR) is 70.4 cm³/mol. The molecule has 4 nitrogen and oxygen atoms in total. The standard InChI is InChI=1S/C13H16ClNO3/c1-9(6-14)7-16-11-5-13-12(17-8-18-13)4-10(11)2-3-15/h4-6H,2-3,7-8,15H2,1H3/b9-6-.